The molecule has 2 fully saturated rings. The van der Waals surface area contributed by atoms with Crippen LogP contribution in [0.25, 0.3) is 22.2 Å². The van der Waals surface area contributed by atoms with Crippen LogP contribution in [-0.4, -0.2) is 28.1 Å². The first-order valence-corrected chi connectivity index (χ1v) is 10.2. The largest absolute Gasteiger partial charge is 0.391 e. The molecule has 2 aliphatic carbocycles. The number of aliphatic hydroxyl groups is 1. The summed E-state index contributed by atoms with van der Waals surface area (Å²) in [6, 6.07) is 7.79. The third-order valence-corrected chi connectivity index (χ3v) is 6.48. The summed E-state index contributed by atoms with van der Waals surface area (Å²) < 4.78 is 41.8. The molecular formula is C23H21F3N2O2. The zero-order valence-corrected chi connectivity index (χ0v) is 16.1. The van der Waals surface area contributed by atoms with Crippen LogP contribution in [0.3, 0.4) is 0 Å². The summed E-state index contributed by atoms with van der Waals surface area (Å²) in [6.07, 6.45) is 2.10. The van der Waals surface area contributed by atoms with Crippen LogP contribution in [-0.2, 0) is 4.79 Å². The van der Waals surface area contributed by atoms with Gasteiger partial charge in [-0.05, 0) is 73.1 Å². The SMILES string of the molecule is O=C(N[C@H]1CC[C@H]1O)[C@H]1C[C@H](c2c(-c3ccc(F)cc3)[nH]c3c(F)cc(F)cc32)C1. The molecule has 2 aromatic carbocycles. The molecule has 1 amide bonds. The summed E-state index contributed by atoms with van der Waals surface area (Å²) in [6.45, 7) is 0. The molecule has 1 aromatic heterocycles. The monoisotopic (exact) mass is 414 g/mol. The minimum Gasteiger partial charge on any atom is -0.391 e. The van der Waals surface area contributed by atoms with E-state index in [4.69, 9.17) is 0 Å². The maximum atomic E-state index is 14.4. The highest BCUT2D eigenvalue weighted by atomic mass is 19.1. The first-order valence-electron chi connectivity index (χ1n) is 10.2. The molecule has 1 heterocycles. The van der Waals surface area contributed by atoms with E-state index in [-0.39, 0.29) is 35.1 Å². The molecule has 0 saturated heterocycles. The van der Waals surface area contributed by atoms with Gasteiger partial charge in [-0.1, -0.05) is 0 Å². The standard InChI is InChI=1S/C23H21F3N2O2/c24-14-3-1-11(2-4-14)21-20(16-9-15(25)10-17(26)22(16)28-21)12-7-13(8-12)23(30)27-18-5-6-19(18)29/h1-4,9-10,12-13,18-19,28-29H,5-8H2,(H,27,30)/t12-,13-,18-,19+/m0/s1. The molecule has 0 bridgehead atoms. The fourth-order valence-electron chi connectivity index (χ4n) is 4.53. The molecule has 2 aliphatic rings. The maximum Gasteiger partial charge on any atom is 0.223 e. The molecule has 5 rings (SSSR count). The number of aromatic amines is 1. The first-order chi connectivity index (χ1) is 14.4. The Morgan fingerprint density at radius 2 is 1.77 bits per heavy atom. The predicted molar refractivity (Wildman–Crippen MR) is 106 cm³/mol. The van der Waals surface area contributed by atoms with Crippen LogP contribution in [0.5, 0.6) is 0 Å². The number of H-pyrrole nitrogens is 1. The van der Waals surface area contributed by atoms with Gasteiger partial charge in [-0.25, -0.2) is 13.2 Å². The van der Waals surface area contributed by atoms with Gasteiger partial charge in [0.15, 0.2) is 0 Å². The van der Waals surface area contributed by atoms with Gasteiger partial charge in [-0.15, -0.1) is 0 Å². The van der Waals surface area contributed by atoms with E-state index in [2.05, 4.69) is 10.3 Å². The quantitative estimate of drug-likeness (QED) is 0.593. The third-order valence-electron chi connectivity index (χ3n) is 6.48. The number of aromatic nitrogens is 1. The number of hydrogen-bond acceptors (Lipinski definition) is 2. The lowest BCUT2D eigenvalue weighted by Gasteiger charge is -2.39. The van der Waals surface area contributed by atoms with Crippen molar-refractivity contribution in [1.82, 2.24) is 10.3 Å². The van der Waals surface area contributed by atoms with Crippen molar-refractivity contribution in [2.45, 2.75) is 43.7 Å². The molecule has 30 heavy (non-hydrogen) atoms. The molecule has 2 saturated carbocycles. The van der Waals surface area contributed by atoms with Crippen molar-refractivity contribution in [2.75, 3.05) is 0 Å². The zero-order valence-electron chi connectivity index (χ0n) is 16.1. The average molecular weight is 414 g/mol. The minimum atomic E-state index is -0.688. The second kappa shape index (κ2) is 7.16. The van der Waals surface area contributed by atoms with E-state index in [1.807, 2.05) is 0 Å². The summed E-state index contributed by atoms with van der Waals surface area (Å²) >= 11 is 0. The van der Waals surface area contributed by atoms with Crippen molar-refractivity contribution in [3.8, 4) is 11.3 Å². The van der Waals surface area contributed by atoms with Crippen molar-refractivity contribution in [1.29, 1.82) is 0 Å². The number of amides is 1. The van der Waals surface area contributed by atoms with Gasteiger partial charge in [0.25, 0.3) is 0 Å². The van der Waals surface area contributed by atoms with Crippen molar-refractivity contribution in [3.63, 3.8) is 0 Å². The van der Waals surface area contributed by atoms with E-state index in [0.29, 0.717) is 35.9 Å². The third kappa shape index (κ3) is 3.17. The molecule has 7 heteroatoms. The lowest BCUT2D eigenvalue weighted by Crippen LogP contribution is -2.53. The van der Waals surface area contributed by atoms with E-state index in [1.165, 1.54) is 18.2 Å². The summed E-state index contributed by atoms with van der Waals surface area (Å²) in [5.41, 5.74) is 2.25. The molecular weight excluding hydrogens is 393 g/mol. The van der Waals surface area contributed by atoms with Gasteiger partial charge < -0.3 is 15.4 Å². The molecule has 0 spiro atoms. The molecule has 0 aliphatic heterocycles. The Morgan fingerprint density at radius 3 is 2.40 bits per heavy atom. The van der Waals surface area contributed by atoms with Crippen molar-refractivity contribution in [3.05, 3.63) is 59.4 Å². The van der Waals surface area contributed by atoms with Crippen molar-refractivity contribution < 1.29 is 23.1 Å². The molecule has 0 radical (unpaired) electrons. The minimum absolute atomic E-state index is 0.0536. The van der Waals surface area contributed by atoms with E-state index in [9.17, 15) is 23.1 Å². The molecule has 4 nitrogen and oxygen atoms in total. The predicted octanol–water partition coefficient (Wildman–Crippen LogP) is 4.39. The van der Waals surface area contributed by atoms with Crippen LogP contribution in [0.15, 0.2) is 36.4 Å². The van der Waals surface area contributed by atoms with Crippen molar-refractivity contribution in [2.24, 2.45) is 5.92 Å². The lowest BCUT2D eigenvalue weighted by atomic mass is 9.69. The van der Waals surface area contributed by atoms with Crippen LogP contribution in [0.1, 0.15) is 37.2 Å². The van der Waals surface area contributed by atoms with Crippen molar-refractivity contribution >= 4 is 16.8 Å². The Kier molecular flexibility index (Phi) is 4.58. The highest BCUT2D eigenvalue weighted by Crippen LogP contribution is 2.48. The topological polar surface area (TPSA) is 65.1 Å². The summed E-state index contributed by atoms with van der Waals surface area (Å²) in [5, 5.41) is 13.0. The Bertz CT molecular complexity index is 1120. The second-order valence-electron chi connectivity index (χ2n) is 8.36. The lowest BCUT2D eigenvalue weighted by molar-refractivity contribution is -0.130. The Balaban J connectivity index is 1.46. The number of aliphatic hydroxyl groups excluding tert-OH is 1. The number of halogens is 3. The van der Waals surface area contributed by atoms with Gasteiger partial charge in [0.1, 0.15) is 17.5 Å². The van der Waals surface area contributed by atoms with Crippen LogP contribution < -0.4 is 5.32 Å². The number of fused-ring (bicyclic) bond motifs is 1. The molecule has 3 aromatic rings. The number of carbonyl (C=O) groups is 1. The van der Waals surface area contributed by atoms with Gasteiger partial charge in [0.2, 0.25) is 5.91 Å². The fraction of sp³-hybridized carbons (Fsp3) is 0.348. The smallest absolute Gasteiger partial charge is 0.223 e. The fourth-order valence-corrected chi connectivity index (χ4v) is 4.53. The Labute approximate surface area is 171 Å². The van der Waals surface area contributed by atoms with E-state index in [1.54, 1.807) is 12.1 Å². The Morgan fingerprint density at radius 1 is 1.03 bits per heavy atom. The van der Waals surface area contributed by atoms with E-state index in [0.717, 1.165) is 18.1 Å². The van der Waals surface area contributed by atoms with E-state index >= 15 is 0 Å². The number of benzene rings is 2. The summed E-state index contributed by atoms with van der Waals surface area (Å²) in [7, 11) is 0. The summed E-state index contributed by atoms with van der Waals surface area (Å²) in [5.74, 6) is -2.08. The highest BCUT2D eigenvalue weighted by molar-refractivity contribution is 5.92. The molecule has 3 N–H and O–H groups in total. The highest BCUT2D eigenvalue weighted by Gasteiger charge is 2.40. The van der Waals surface area contributed by atoms with Crippen LogP contribution in [0.2, 0.25) is 0 Å². The van der Waals surface area contributed by atoms with Crippen LogP contribution in [0, 0.1) is 23.4 Å². The van der Waals surface area contributed by atoms with Gasteiger partial charge >= 0.3 is 0 Å². The number of rotatable bonds is 4. The molecule has 156 valence electrons. The van der Waals surface area contributed by atoms with Gasteiger partial charge in [-0.2, -0.15) is 0 Å². The van der Waals surface area contributed by atoms with Gasteiger partial charge in [0, 0.05) is 17.4 Å². The first kappa shape index (κ1) is 19.2. The normalized spacial score (nSPS) is 25.6. The van der Waals surface area contributed by atoms with Crippen LogP contribution in [0.4, 0.5) is 13.2 Å². The molecule has 2 atom stereocenters. The molecule has 0 unspecified atom stereocenters. The second-order valence-corrected chi connectivity index (χ2v) is 8.36. The maximum absolute atomic E-state index is 14.4. The number of hydrogen-bond donors (Lipinski definition) is 3. The van der Waals surface area contributed by atoms with Gasteiger partial charge in [0.05, 0.1) is 23.4 Å². The zero-order chi connectivity index (χ0) is 21.0. The van der Waals surface area contributed by atoms with Gasteiger partial charge in [-0.3, -0.25) is 4.79 Å². The number of nitrogens with one attached hydrogen (secondary N) is 2. The summed E-state index contributed by atoms with van der Waals surface area (Å²) in [4.78, 5) is 15.5. The average Bonchev–Trinajstić information content (AvgIpc) is 3.04. The Hall–Kier alpha value is -2.80. The number of carbonyl (C=O) groups excluding carboxylic acids is 1. The van der Waals surface area contributed by atoms with E-state index < -0.39 is 17.7 Å². The van der Waals surface area contributed by atoms with Crippen LogP contribution >= 0.6 is 0 Å².